The topological polar surface area (TPSA) is 106 Å². The minimum absolute atomic E-state index is 0.0307. The Morgan fingerprint density at radius 2 is 2.03 bits per heavy atom. The predicted molar refractivity (Wildman–Crippen MR) is 117 cm³/mol. The Morgan fingerprint density at radius 3 is 2.77 bits per heavy atom. The highest BCUT2D eigenvalue weighted by atomic mass is 16.5. The second-order valence-corrected chi connectivity index (χ2v) is 7.88. The first kappa shape index (κ1) is 20.3. The maximum absolute atomic E-state index is 6.10. The zero-order valence-electron chi connectivity index (χ0n) is 17.9. The van der Waals surface area contributed by atoms with Crippen LogP contribution in [0.2, 0.25) is 0 Å². The molecule has 1 aliphatic heterocycles. The molecule has 3 N–H and O–H groups in total. The number of aromatic nitrogens is 5. The number of hydrogen-bond donors (Lipinski definition) is 2. The molecule has 9 nitrogen and oxygen atoms in total. The van der Waals surface area contributed by atoms with E-state index in [1.165, 1.54) is 5.56 Å². The smallest absolute Gasteiger partial charge is 0.336 e. The molecule has 3 aromatic heterocycles. The second kappa shape index (κ2) is 8.83. The largest absolute Gasteiger partial charge is 0.459 e. The second-order valence-electron chi connectivity index (χ2n) is 7.88. The third-order valence-corrected chi connectivity index (χ3v) is 5.35. The summed E-state index contributed by atoms with van der Waals surface area (Å²) >= 11 is 0. The van der Waals surface area contributed by atoms with Crippen LogP contribution in [0.1, 0.15) is 43.5 Å². The lowest BCUT2D eigenvalue weighted by molar-refractivity contribution is 0.189. The number of imidazole rings is 1. The zero-order chi connectivity index (χ0) is 21.1. The average Bonchev–Trinajstić information content (AvgIpc) is 3.12. The Kier molecular flexibility index (Phi) is 5.98. The number of rotatable bonds is 7. The van der Waals surface area contributed by atoms with Crippen molar-refractivity contribution in [2.75, 3.05) is 36.8 Å². The van der Waals surface area contributed by atoms with E-state index < -0.39 is 0 Å². The summed E-state index contributed by atoms with van der Waals surface area (Å²) in [5, 5.41) is 7.91. The van der Waals surface area contributed by atoms with E-state index >= 15 is 0 Å². The van der Waals surface area contributed by atoms with Gasteiger partial charge in [-0.1, -0.05) is 19.4 Å². The molecule has 0 spiro atoms. The summed E-state index contributed by atoms with van der Waals surface area (Å²) in [6.45, 7) is 10.2. The Labute approximate surface area is 176 Å². The van der Waals surface area contributed by atoms with Crippen LogP contribution in [0.25, 0.3) is 5.65 Å². The van der Waals surface area contributed by atoms with E-state index in [-0.39, 0.29) is 12.1 Å². The summed E-state index contributed by atoms with van der Waals surface area (Å²) in [6, 6.07) is 2.47. The molecule has 3 aromatic rings. The SMILES string of the molecule is CCC[C@H](C)Oc1nc(N)c2ncc(Cc3cnc(N4CCNCC4)c(C)c3)n2n1. The fourth-order valence-electron chi connectivity index (χ4n) is 3.88. The van der Waals surface area contributed by atoms with Gasteiger partial charge in [-0.25, -0.2) is 14.5 Å². The number of nitrogens with one attached hydrogen (secondary N) is 1. The van der Waals surface area contributed by atoms with Gasteiger partial charge in [-0.2, -0.15) is 4.98 Å². The van der Waals surface area contributed by atoms with E-state index in [0.717, 1.165) is 56.1 Å². The van der Waals surface area contributed by atoms with Gasteiger partial charge in [0.1, 0.15) is 5.82 Å². The highest BCUT2D eigenvalue weighted by molar-refractivity contribution is 5.60. The van der Waals surface area contributed by atoms with Gasteiger partial charge in [-0.15, -0.1) is 5.10 Å². The number of nitrogens with two attached hydrogens (primary N) is 1. The molecule has 1 saturated heterocycles. The molecule has 1 fully saturated rings. The molecule has 30 heavy (non-hydrogen) atoms. The molecule has 9 heteroatoms. The Balaban J connectivity index is 1.57. The van der Waals surface area contributed by atoms with Gasteiger partial charge in [-0.3, -0.25) is 0 Å². The molecule has 0 amide bonds. The molecule has 0 radical (unpaired) electrons. The summed E-state index contributed by atoms with van der Waals surface area (Å²) in [5.41, 5.74) is 9.85. The summed E-state index contributed by atoms with van der Waals surface area (Å²) in [5.74, 6) is 1.38. The molecule has 1 atom stereocenters. The van der Waals surface area contributed by atoms with Crippen LogP contribution in [-0.4, -0.2) is 56.8 Å². The van der Waals surface area contributed by atoms with Crippen LogP contribution in [0.3, 0.4) is 0 Å². The molecule has 0 saturated carbocycles. The van der Waals surface area contributed by atoms with Crippen LogP contribution in [0.5, 0.6) is 6.01 Å². The first-order chi connectivity index (χ1) is 14.5. The molecule has 0 bridgehead atoms. The summed E-state index contributed by atoms with van der Waals surface area (Å²) in [6.07, 6.45) is 6.38. The molecule has 4 heterocycles. The Hall–Kier alpha value is -2.94. The van der Waals surface area contributed by atoms with E-state index in [9.17, 15) is 0 Å². The van der Waals surface area contributed by atoms with Crippen molar-refractivity contribution in [3.05, 3.63) is 35.3 Å². The van der Waals surface area contributed by atoms with Crippen LogP contribution in [0, 0.1) is 6.92 Å². The number of pyridine rings is 1. The fourth-order valence-corrected chi connectivity index (χ4v) is 3.88. The lowest BCUT2D eigenvalue weighted by Crippen LogP contribution is -2.44. The van der Waals surface area contributed by atoms with Crippen molar-refractivity contribution in [1.29, 1.82) is 0 Å². The predicted octanol–water partition coefficient (Wildman–Crippen LogP) is 1.98. The minimum atomic E-state index is 0.0307. The number of ether oxygens (including phenoxy) is 1. The summed E-state index contributed by atoms with van der Waals surface area (Å²) in [4.78, 5) is 15.7. The van der Waals surface area contributed by atoms with E-state index in [4.69, 9.17) is 15.5 Å². The number of piperazine rings is 1. The molecule has 0 aliphatic carbocycles. The fraction of sp³-hybridized carbons (Fsp3) is 0.524. The lowest BCUT2D eigenvalue weighted by atomic mass is 10.1. The minimum Gasteiger partial charge on any atom is -0.459 e. The zero-order valence-corrected chi connectivity index (χ0v) is 17.9. The third kappa shape index (κ3) is 4.30. The average molecular weight is 411 g/mol. The number of anilines is 2. The highest BCUT2D eigenvalue weighted by Crippen LogP contribution is 2.22. The van der Waals surface area contributed by atoms with Crippen molar-refractivity contribution in [2.45, 2.75) is 46.1 Å². The maximum Gasteiger partial charge on any atom is 0.336 e. The molecular formula is C21H30N8O. The van der Waals surface area contributed by atoms with Crippen molar-refractivity contribution in [1.82, 2.24) is 29.9 Å². The normalized spacial score (nSPS) is 15.5. The van der Waals surface area contributed by atoms with Crippen LogP contribution < -0.4 is 20.7 Å². The van der Waals surface area contributed by atoms with Crippen LogP contribution >= 0.6 is 0 Å². The summed E-state index contributed by atoms with van der Waals surface area (Å²) in [7, 11) is 0. The van der Waals surface area contributed by atoms with Gasteiger partial charge in [0.05, 0.1) is 18.0 Å². The van der Waals surface area contributed by atoms with Crippen molar-refractivity contribution in [2.24, 2.45) is 0 Å². The van der Waals surface area contributed by atoms with Crippen LogP contribution in [-0.2, 0) is 6.42 Å². The highest BCUT2D eigenvalue weighted by Gasteiger charge is 2.16. The molecule has 0 aromatic carbocycles. The molecule has 160 valence electrons. The number of fused-ring (bicyclic) bond motifs is 1. The first-order valence-electron chi connectivity index (χ1n) is 10.6. The van der Waals surface area contributed by atoms with Gasteiger partial charge >= 0.3 is 6.01 Å². The van der Waals surface area contributed by atoms with Gasteiger partial charge in [0.25, 0.3) is 0 Å². The number of hydrogen-bond acceptors (Lipinski definition) is 8. The monoisotopic (exact) mass is 410 g/mol. The maximum atomic E-state index is 6.10. The molecule has 0 unspecified atom stereocenters. The third-order valence-electron chi connectivity index (χ3n) is 5.35. The quantitative estimate of drug-likeness (QED) is 0.609. The Morgan fingerprint density at radius 1 is 1.23 bits per heavy atom. The standard InChI is InChI=1S/C21H30N8O/c1-4-5-15(3)30-21-26-18(22)20-25-13-17(29(20)27-21)11-16-10-14(2)19(24-12-16)28-8-6-23-7-9-28/h10,12-13,15,23H,4-9,11H2,1-3H3,(H2,22,26,27)/t15-/m0/s1. The van der Waals surface area contributed by atoms with Crippen molar-refractivity contribution in [3.63, 3.8) is 0 Å². The van der Waals surface area contributed by atoms with Crippen LogP contribution in [0.15, 0.2) is 18.5 Å². The lowest BCUT2D eigenvalue weighted by Gasteiger charge is -2.29. The van der Waals surface area contributed by atoms with Crippen molar-refractivity contribution < 1.29 is 4.74 Å². The van der Waals surface area contributed by atoms with Gasteiger partial charge in [0.2, 0.25) is 0 Å². The van der Waals surface area contributed by atoms with E-state index in [0.29, 0.717) is 17.9 Å². The van der Waals surface area contributed by atoms with Crippen molar-refractivity contribution >= 4 is 17.3 Å². The Bertz CT molecular complexity index is 1010. The number of aryl methyl sites for hydroxylation is 1. The number of nitrogens with zero attached hydrogens (tertiary/aromatic N) is 6. The van der Waals surface area contributed by atoms with Gasteiger partial charge in [0.15, 0.2) is 11.5 Å². The van der Waals surface area contributed by atoms with Crippen molar-refractivity contribution in [3.8, 4) is 6.01 Å². The first-order valence-corrected chi connectivity index (χ1v) is 10.6. The van der Waals surface area contributed by atoms with Crippen LogP contribution in [0.4, 0.5) is 11.6 Å². The summed E-state index contributed by atoms with van der Waals surface area (Å²) < 4.78 is 7.58. The van der Waals surface area contributed by atoms with Gasteiger partial charge in [0, 0.05) is 38.8 Å². The van der Waals surface area contributed by atoms with E-state index in [1.54, 1.807) is 10.7 Å². The van der Waals surface area contributed by atoms with Gasteiger partial charge in [-0.05, 0) is 31.4 Å². The van der Waals surface area contributed by atoms with E-state index in [2.05, 4.69) is 45.2 Å². The molecule has 1 aliphatic rings. The van der Waals surface area contributed by atoms with Gasteiger partial charge < -0.3 is 20.7 Å². The molecular weight excluding hydrogens is 380 g/mol. The molecule has 4 rings (SSSR count). The van der Waals surface area contributed by atoms with E-state index in [1.807, 2.05) is 13.1 Å². The number of nitrogen functional groups attached to an aromatic ring is 1.